The molecule has 3 rings (SSSR count). The normalized spacial score (nSPS) is 13.2. The Bertz CT molecular complexity index is 833. The van der Waals surface area contributed by atoms with Crippen LogP contribution in [0.4, 0.5) is 10.5 Å². The van der Waals surface area contributed by atoms with Crippen LogP contribution in [-0.2, 0) is 9.59 Å². The number of hydrogen-bond acceptors (Lipinski definition) is 4. The van der Waals surface area contributed by atoms with Crippen molar-refractivity contribution in [2.75, 3.05) is 18.4 Å². The second-order valence-electron chi connectivity index (χ2n) is 4.99. The lowest BCUT2D eigenvalue weighted by Gasteiger charge is -2.12. The molecule has 2 heterocycles. The Kier molecular flexibility index (Phi) is 4.59. The molecule has 0 bridgehead atoms. The monoisotopic (exact) mass is 339 g/mol. The van der Waals surface area contributed by atoms with Gasteiger partial charge in [-0.15, -0.1) is 11.3 Å². The molecule has 0 saturated carbocycles. The standard InChI is InChI=1S/C17H13N3O3S/c21-15(11-20-16(22)10-18-17(20)23)19-13-4-1-3-12(9-13)6-7-14-5-2-8-24-14/h1-5,8-9H,10-11H2,(H,18,23)(H,19,21). The average molecular weight is 339 g/mol. The summed E-state index contributed by atoms with van der Waals surface area (Å²) in [6.07, 6.45) is 0. The van der Waals surface area contributed by atoms with Crippen LogP contribution in [0, 0.1) is 11.8 Å². The smallest absolute Gasteiger partial charge is 0.325 e. The molecule has 120 valence electrons. The predicted octanol–water partition coefficient (Wildman–Crippen LogP) is 1.64. The summed E-state index contributed by atoms with van der Waals surface area (Å²) >= 11 is 1.56. The molecule has 2 aromatic rings. The number of urea groups is 1. The van der Waals surface area contributed by atoms with Gasteiger partial charge in [0.1, 0.15) is 6.54 Å². The summed E-state index contributed by atoms with van der Waals surface area (Å²) in [6.45, 7) is -0.379. The van der Waals surface area contributed by atoms with Gasteiger partial charge in [0.25, 0.3) is 5.91 Å². The molecule has 0 unspecified atom stereocenters. The Morgan fingerprint density at radius 3 is 2.83 bits per heavy atom. The minimum absolute atomic E-state index is 0.0695. The number of nitrogens with one attached hydrogen (secondary N) is 2. The van der Waals surface area contributed by atoms with Crippen molar-refractivity contribution < 1.29 is 14.4 Å². The minimum atomic E-state index is -0.550. The van der Waals surface area contributed by atoms with Crippen LogP contribution in [0.2, 0.25) is 0 Å². The van der Waals surface area contributed by atoms with E-state index < -0.39 is 17.8 Å². The SMILES string of the molecule is O=C(CN1C(=O)CNC1=O)Nc1cccc(C#Cc2cccs2)c1. The zero-order chi connectivity index (χ0) is 16.9. The van der Waals surface area contributed by atoms with E-state index in [0.29, 0.717) is 5.69 Å². The molecule has 1 aliphatic rings. The van der Waals surface area contributed by atoms with E-state index in [1.807, 2.05) is 23.6 Å². The van der Waals surface area contributed by atoms with Crippen molar-refractivity contribution in [3.8, 4) is 11.8 Å². The first-order valence-corrected chi connectivity index (χ1v) is 8.03. The first-order valence-electron chi connectivity index (χ1n) is 7.15. The molecule has 7 heteroatoms. The molecule has 0 radical (unpaired) electrons. The number of amides is 4. The molecule has 1 aromatic heterocycles. The lowest BCUT2D eigenvalue weighted by Crippen LogP contribution is -2.38. The zero-order valence-corrected chi connectivity index (χ0v) is 13.4. The van der Waals surface area contributed by atoms with E-state index in [1.54, 1.807) is 29.5 Å². The van der Waals surface area contributed by atoms with Gasteiger partial charge in [-0.1, -0.05) is 24.0 Å². The van der Waals surface area contributed by atoms with Gasteiger partial charge in [0.15, 0.2) is 0 Å². The predicted molar refractivity (Wildman–Crippen MR) is 90.5 cm³/mol. The number of imide groups is 1. The summed E-state index contributed by atoms with van der Waals surface area (Å²) in [5.74, 6) is 5.22. The number of anilines is 1. The van der Waals surface area contributed by atoms with Crippen LogP contribution in [0.25, 0.3) is 0 Å². The number of carbonyl (C=O) groups excluding carboxylic acids is 3. The first-order chi connectivity index (χ1) is 11.6. The zero-order valence-electron chi connectivity index (χ0n) is 12.5. The fourth-order valence-corrected chi connectivity index (χ4v) is 2.69. The van der Waals surface area contributed by atoms with Gasteiger partial charge in [-0.3, -0.25) is 14.5 Å². The Morgan fingerprint density at radius 2 is 2.12 bits per heavy atom. The highest BCUT2D eigenvalue weighted by Gasteiger charge is 2.30. The van der Waals surface area contributed by atoms with E-state index in [1.165, 1.54) is 0 Å². The fraction of sp³-hybridized carbons (Fsp3) is 0.118. The van der Waals surface area contributed by atoms with Crippen molar-refractivity contribution in [3.63, 3.8) is 0 Å². The maximum absolute atomic E-state index is 12.0. The molecule has 1 saturated heterocycles. The van der Waals surface area contributed by atoms with Crippen molar-refractivity contribution >= 4 is 34.9 Å². The van der Waals surface area contributed by atoms with Gasteiger partial charge in [0.05, 0.1) is 11.4 Å². The molecule has 1 aromatic carbocycles. The molecule has 4 amide bonds. The van der Waals surface area contributed by atoms with Gasteiger partial charge < -0.3 is 10.6 Å². The topological polar surface area (TPSA) is 78.5 Å². The highest BCUT2D eigenvalue weighted by molar-refractivity contribution is 7.10. The summed E-state index contributed by atoms with van der Waals surface area (Å²) in [4.78, 5) is 36.7. The van der Waals surface area contributed by atoms with Gasteiger partial charge in [-0.05, 0) is 29.6 Å². The number of rotatable bonds is 3. The van der Waals surface area contributed by atoms with E-state index in [4.69, 9.17) is 0 Å². The first kappa shape index (κ1) is 15.8. The van der Waals surface area contributed by atoms with Crippen LogP contribution in [0.1, 0.15) is 10.4 Å². The molecule has 0 aliphatic carbocycles. The molecule has 1 aliphatic heterocycles. The molecule has 1 fully saturated rings. The van der Waals surface area contributed by atoms with E-state index >= 15 is 0 Å². The van der Waals surface area contributed by atoms with Crippen molar-refractivity contribution in [2.45, 2.75) is 0 Å². The van der Waals surface area contributed by atoms with Crippen molar-refractivity contribution in [1.29, 1.82) is 0 Å². The van der Waals surface area contributed by atoms with Crippen molar-refractivity contribution in [3.05, 3.63) is 52.2 Å². The van der Waals surface area contributed by atoms with Gasteiger partial charge >= 0.3 is 6.03 Å². The molecule has 6 nitrogen and oxygen atoms in total. The molecular formula is C17H13N3O3S. The maximum Gasteiger partial charge on any atom is 0.325 e. The third-order valence-corrected chi connectivity index (χ3v) is 4.02. The number of nitrogens with zero attached hydrogens (tertiary/aromatic N) is 1. The van der Waals surface area contributed by atoms with E-state index in [0.717, 1.165) is 15.3 Å². The third-order valence-electron chi connectivity index (χ3n) is 3.24. The third kappa shape index (κ3) is 3.80. The van der Waals surface area contributed by atoms with Crippen LogP contribution in [0.5, 0.6) is 0 Å². The Morgan fingerprint density at radius 1 is 1.25 bits per heavy atom. The molecule has 2 N–H and O–H groups in total. The second kappa shape index (κ2) is 6.98. The summed E-state index contributed by atoms with van der Waals surface area (Å²) < 4.78 is 0. The Labute approximate surface area is 142 Å². The largest absolute Gasteiger partial charge is 0.329 e. The van der Waals surface area contributed by atoms with Crippen LogP contribution in [0.15, 0.2) is 41.8 Å². The van der Waals surface area contributed by atoms with E-state index in [2.05, 4.69) is 22.5 Å². The molecule has 24 heavy (non-hydrogen) atoms. The minimum Gasteiger partial charge on any atom is -0.329 e. The number of benzene rings is 1. The quantitative estimate of drug-likeness (QED) is 0.659. The lowest BCUT2D eigenvalue weighted by molar-refractivity contribution is -0.128. The summed E-state index contributed by atoms with van der Waals surface area (Å²) in [6, 6.07) is 10.4. The summed E-state index contributed by atoms with van der Waals surface area (Å²) in [5, 5.41) is 6.99. The Balaban J connectivity index is 1.65. The highest BCUT2D eigenvalue weighted by Crippen LogP contribution is 2.11. The van der Waals surface area contributed by atoms with E-state index in [-0.39, 0.29) is 13.1 Å². The molecular weight excluding hydrogens is 326 g/mol. The van der Waals surface area contributed by atoms with Crippen LogP contribution >= 0.6 is 11.3 Å². The van der Waals surface area contributed by atoms with Crippen LogP contribution in [0.3, 0.4) is 0 Å². The Hall–Kier alpha value is -3.11. The van der Waals surface area contributed by atoms with Crippen LogP contribution < -0.4 is 10.6 Å². The second-order valence-corrected chi connectivity index (χ2v) is 5.94. The molecule has 0 atom stereocenters. The number of thiophene rings is 1. The van der Waals surface area contributed by atoms with Gasteiger partial charge in [-0.2, -0.15) is 0 Å². The van der Waals surface area contributed by atoms with Gasteiger partial charge in [-0.25, -0.2) is 4.79 Å². The highest BCUT2D eigenvalue weighted by atomic mass is 32.1. The summed E-state index contributed by atoms with van der Waals surface area (Å²) in [5.41, 5.74) is 1.32. The van der Waals surface area contributed by atoms with Crippen molar-refractivity contribution in [1.82, 2.24) is 10.2 Å². The number of hydrogen-bond donors (Lipinski definition) is 2. The molecule has 0 spiro atoms. The summed E-state index contributed by atoms with van der Waals surface area (Å²) in [7, 11) is 0. The maximum atomic E-state index is 12.0. The fourth-order valence-electron chi connectivity index (χ4n) is 2.12. The average Bonchev–Trinajstić information content (AvgIpc) is 3.19. The van der Waals surface area contributed by atoms with Crippen LogP contribution in [-0.4, -0.2) is 35.8 Å². The lowest BCUT2D eigenvalue weighted by atomic mass is 10.2. The number of carbonyl (C=O) groups is 3. The van der Waals surface area contributed by atoms with Gasteiger partial charge in [0, 0.05) is 11.3 Å². The van der Waals surface area contributed by atoms with Crippen molar-refractivity contribution in [2.24, 2.45) is 0 Å². The van der Waals surface area contributed by atoms with Gasteiger partial charge in [0.2, 0.25) is 5.91 Å². The van der Waals surface area contributed by atoms with E-state index in [9.17, 15) is 14.4 Å².